The Kier molecular flexibility index (Phi) is 8.22. The third-order valence-corrected chi connectivity index (χ3v) is 5.22. The third-order valence-electron chi connectivity index (χ3n) is 4.21. The van der Waals surface area contributed by atoms with E-state index in [1.807, 2.05) is 42.5 Å². The van der Waals surface area contributed by atoms with Crippen LogP contribution < -0.4 is 16.0 Å². The van der Waals surface area contributed by atoms with Crippen LogP contribution in [0.5, 0.6) is 0 Å². The zero-order valence-electron chi connectivity index (χ0n) is 17.5. The minimum absolute atomic E-state index is 0.134. The molecule has 0 atom stereocenters. The second kappa shape index (κ2) is 11.5. The lowest BCUT2D eigenvalue weighted by Gasteiger charge is -2.07. The van der Waals surface area contributed by atoms with Crippen molar-refractivity contribution in [2.24, 2.45) is 0 Å². The first-order chi connectivity index (χ1) is 15.5. The molecule has 32 heavy (non-hydrogen) atoms. The summed E-state index contributed by atoms with van der Waals surface area (Å²) in [5.74, 6) is -0.241. The van der Waals surface area contributed by atoms with Gasteiger partial charge in [-0.15, -0.1) is 11.8 Å². The van der Waals surface area contributed by atoms with Crippen molar-refractivity contribution < 1.29 is 14.4 Å². The number of benzene rings is 3. The van der Waals surface area contributed by atoms with Gasteiger partial charge >= 0.3 is 0 Å². The molecule has 0 saturated heterocycles. The molecule has 3 amide bonds. The lowest BCUT2D eigenvalue weighted by atomic mass is 10.2. The molecule has 0 radical (unpaired) electrons. The molecule has 0 aliphatic carbocycles. The van der Waals surface area contributed by atoms with Crippen LogP contribution in [0.4, 0.5) is 17.1 Å². The van der Waals surface area contributed by atoms with Crippen molar-refractivity contribution in [3.63, 3.8) is 0 Å². The molecule has 0 aromatic heterocycles. The smallest absolute Gasteiger partial charge is 0.248 e. The molecule has 0 heterocycles. The summed E-state index contributed by atoms with van der Waals surface area (Å²) >= 11 is 1.40. The van der Waals surface area contributed by atoms with Crippen LogP contribution in [0.25, 0.3) is 6.08 Å². The highest BCUT2D eigenvalue weighted by Gasteiger charge is 2.05. The van der Waals surface area contributed by atoms with Crippen LogP contribution in [0, 0.1) is 0 Å². The fourth-order valence-corrected chi connectivity index (χ4v) is 3.44. The fraction of sp³-hybridized carbons (Fsp3) is 0.0800. The molecule has 0 aliphatic heterocycles. The van der Waals surface area contributed by atoms with Gasteiger partial charge in [0.2, 0.25) is 17.7 Å². The molecule has 3 aromatic rings. The molecule has 3 rings (SSSR count). The van der Waals surface area contributed by atoms with Gasteiger partial charge in [-0.05, 0) is 60.2 Å². The number of amides is 3. The number of nitrogens with one attached hydrogen (secondary N) is 3. The molecule has 3 aromatic carbocycles. The van der Waals surface area contributed by atoms with E-state index in [0.29, 0.717) is 17.1 Å². The average Bonchev–Trinajstić information content (AvgIpc) is 2.79. The van der Waals surface area contributed by atoms with E-state index in [4.69, 9.17) is 0 Å². The molecule has 0 aliphatic rings. The van der Waals surface area contributed by atoms with Crippen LogP contribution in [-0.4, -0.2) is 23.5 Å². The van der Waals surface area contributed by atoms with Gasteiger partial charge in [-0.25, -0.2) is 0 Å². The zero-order valence-corrected chi connectivity index (χ0v) is 18.3. The molecule has 0 unspecified atom stereocenters. The Hall–Kier alpha value is -3.84. The van der Waals surface area contributed by atoms with Crippen LogP contribution >= 0.6 is 11.8 Å². The topological polar surface area (TPSA) is 87.3 Å². The Labute approximate surface area is 191 Å². The minimum atomic E-state index is -0.210. The van der Waals surface area contributed by atoms with Crippen molar-refractivity contribution in [3.05, 3.63) is 90.5 Å². The lowest BCUT2D eigenvalue weighted by Crippen LogP contribution is -2.14. The molecule has 7 heteroatoms. The Morgan fingerprint density at radius 3 is 1.94 bits per heavy atom. The number of carbonyl (C=O) groups is 3. The Morgan fingerprint density at radius 2 is 1.31 bits per heavy atom. The number of carbonyl (C=O) groups excluding carboxylic acids is 3. The first kappa shape index (κ1) is 22.8. The summed E-state index contributed by atoms with van der Waals surface area (Å²) in [5, 5.41) is 8.31. The molecular weight excluding hydrogens is 422 g/mol. The van der Waals surface area contributed by atoms with E-state index in [0.717, 1.165) is 10.5 Å². The largest absolute Gasteiger partial charge is 0.326 e. The third kappa shape index (κ3) is 7.77. The summed E-state index contributed by atoms with van der Waals surface area (Å²) in [6.07, 6.45) is 3.25. The molecule has 3 N–H and O–H groups in total. The number of hydrogen-bond donors (Lipinski definition) is 3. The van der Waals surface area contributed by atoms with Gasteiger partial charge in [0.05, 0.1) is 5.75 Å². The predicted octanol–water partition coefficient (Wildman–Crippen LogP) is 5.03. The first-order valence-corrected chi connectivity index (χ1v) is 10.9. The number of anilines is 3. The van der Waals surface area contributed by atoms with E-state index in [1.54, 1.807) is 42.5 Å². The SMILES string of the molecule is CC(=O)Nc1ccc(NC(=O)CSc2ccc(NC(=O)/C=C/c3ccccc3)cc2)cc1. The summed E-state index contributed by atoms with van der Waals surface area (Å²) in [7, 11) is 0. The Morgan fingerprint density at radius 1 is 0.750 bits per heavy atom. The monoisotopic (exact) mass is 445 g/mol. The standard InChI is InChI=1S/C25H23N3O3S/c1-18(29)26-20-8-10-21(11-9-20)28-25(31)17-32-23-14-12-22(13-15-23)27-24(30)16-7-19-5-3-2-4-6-19/h2-16H,17H2,1H3,(H,26,29)(H,27,30)(H,28,31)/b16-7+. The van der Waals surface area contributed by atoms with Crippen LogP contribution in [0.2, 0.25) is 0 Å². The fourth-order valence-electron chi connectivity index (χ4n) is 2.74. The second-order valence-corrected chi connectivity index (χ2v) is 7.90. The van der Waals surface area contributed by atoms with E-state index in [1.165, 1.54) is 24.8 Å². The van der Waals surface area contributed by atoms with Gasteiger partial charge in [0.25, 0.3) is 0 Å². The molecule has 6 nitrogen and oxygen atoms in total. The highest BCUT2D eigenvalue weighted by atomic mass is 32.2. The van der Waals surface area contributed by atoms with Gasteiger partial charge in [0.15, 0.2) is 0 Å². The van der Waals surface area contributed by atoms with Gasteiger partial charge in [-0.3, -0.25) is 14.4 Å². The van der Waals surface area contributed by atoms with Crippen molar-refractivity contribution in [1.82, 2.24) is 0 Å². The van der Waals surface area contributed by atoms with Gasteiger partial charge in [-0.1, -0.05) is 30.3 Å². The highest BCUT2D eigenvalue weighted by molar-refractivity contribution is 8.00. The molecule has 0 fully saturated rings. The minimum Gasteiger partial charge on any atom is -0.326 e. The van der Waals surface area contributed by atoms with E-state index >= 15 is 0 Å². The molecule has 0 spiro atoms. The Bertz CT molecular complexity index is 1100. The number of hydrogen-bond acceptors (Lipinski definition) is 4. The number of rotatable bonds is 8. The van der Waals surface area contributed by atoms with Crippen LogP contribution in [0.1, 0.15) is 12.5 Å². The van der Waals surface area contributed by atoms with Gasteiger partial charge in [0.1, 0.15) is 0 Å². The molecule has 0 bridgehead atoms. The van der Waals surface area contributed by atoms with Gasteiger partial charge < -0.3 is 16.0 Å². The van der Waals surface area contributed by atoms with E-state index in [-0.39, 0.29) is 23.5 Å². The van der Waals surface area contributed by atoms with Crippen LogP contribution in [0.15, 0.2) is 89.8 Å². The maximum absolute atomic E-state index is 12.2. The maximum Gasteiger partial charge on any atom is 0.248 e. The van der Waals surface area contributed by atoms with Crippen LogP contribution in [0.3, 0.4) is 0 Å². The lowest BCUT2D eigenvalue weighted by molar-refractivity contribution is -0.114. The predicted molar refractivity (Wildman–Crippen MR) is 131 cm³/mol. The van der Waals surface area contributed by atoms with Crippen molar-refractivity contribution >= 4 is 52.6 Å². The van der Waals surface area contributed by atoms with Crippen molar-refractivity contribution in [3.8, 4) is 0 Å². The average molecular weight is 446 g/mol. The normalized spacial score (nSPS) is 10.5. The summed E-state index contributed by atoms with van der Waals surface area (Å²) in [4.78, 5) is 36.2. The molecular formula is C25H23N3O3S. The highest BCUT2D eigenvalue weighted by Crippen LogP contribution is 2.21. The summed E-state index contributed by atoms with van der Waals surface area (Å²) in [6.45, 7) is 1.44. The Balaban J connectivity index is 1.44. The van der Waals surface area contributed by atoms with Gasteiger partial charge in [0, 0.05) is 35.0 Å². The van der Waals surface area contributed by atoms with E-state index < -0.39 is 0 Å². The van der Waals surface area contributed by atoms with Gasteiger partial charge in [-0.2, -0.15) is 0 Å². The number of thioether (sulfide) groups is 1. The zero-order chi connectivity index (χ0) is 22.8. The molecule has 0 saturated carbocycles. The van der Waals surface area contributed by atoms with Crippen molar-refractivity contribution in [2.75, 3.05) is 21.7 Å². The van der Waals surface area contributed by atoms with E-state index in [9.17, 15) is 14.4 Å². The second-order valence-electron chi connectivity index (χ2n) is 6.85. The first-order valence-electron chi connectivity index (χ1n) is 9.92. The molecule has 162 valence electrons. The van der Waals surface area contributed by atoms with E-state index in [2.05, 4.69) is 16.0 Å². The summed E-state index contributed by atoms with van der Waals surface area (Å²) in [6, 6.07) is 23.8. The summed E-state index contributed by atoms with van der Waals surface area (Å²) in [5.41, 5.74) is 2.97. The maximum atomic E-state index is 12.2. The van der Waals surface area contributed by atoms with Crippen molar-refractivity contribution in [2.45, 2.75) is 11.8 Å². The van der Waals surface area contributed by atoms with Crippen molar-refractivity contribution in [1.29, 1.82) is 0 Å². The van der Waals surface area contributed by atoms with Crippen LogP contribution in [-0.2, 0) is 14.4 Å². The summed E-state index contributed by atoms with van der Waals surface area (Å²) < 4.78 is 0. The quantitative estimate of drug-likeness (QED) is 0.335.